The summed E-state index contributed by atoms with van der Waals surface area (Å²) in [5.41, 5.74) is 1.00. The van der Waals surface area contributed by atoms with E-state index in [1.165, 1.54) is 37.0 Å². The van der Waals surface area contributed by atoms with Gasteiger partial charge in [0.1, 0.15) is 4.83 Å². The number of aromatic nitrogens is 2. The average Bonchev–Trinajstić information content (AvgIpc) is 3.36. The lowest BCUT2D eigenvalue weighted by atomic mass is 9.91. The summed E-state index contributed by atoms with van der Waals surface area (Å²) in [6, 6.07) is 2.55. The molecule has 3 N–H and O–H groups in total. The number of likely N-dealkylation sites (N-methyl/N-ethyl adjacent to an activating group) is 1. The van der Waals surface area contributed by atoms with Crippen molar-refractivity contribution in [1.82, 2.24) is 25.3 Å². The van der Waals surface area contributed by atoms with Crippen molar-refractivity contribution in [2.75, 3.05) is 20.2 Å². The molecule has 2 aromatic rings. The molecule has 176 valence electrons. The first-order valence-corrected chi connectivity index (χ1v) is 12.7. The summed E-state index contributed by atoms with van der Waals surface area (Å²) in [6.45, 7) is 2.31. The van der Waals surface area contributed by atoms with Gasteiger partial charge in [-0.25, -0.2) is 4.79 Å². The van der Waals surface area contributed by atoms with Gasteiger partial charge in [-0.05, 0) is 51.5 Å². The van der Waals surface area contributed by atoms with Crippen LogP contribution in [0.3, 0.4) is 0 Å². The fourth-order valence-electron chi connectivity index (χ4n) is 4.93. The second kappa shape index (κ2) is 10.2. The molecule has 0 spiro atoms. The molecule has 8 nitrogen and oxygen atoms in total. The van der Waals surface area contributed by atoms with Crippen molar-refractivity contribution in [1.29, 1.82) is 0 Å². The molecule has 2 aliphatic carbocycles. The van der Waals surface area contributed by atoms with E-state index in [4.69, 9.17) is 10.2 Å². The van der Waals surface area contributed by atoms with Gasteiger partial charge in [0.15, 0.2) is 0 Å². The van der Waals surface area contributed by atoms with Gasteiger partial charge in [-0.15, -0.1) is 11.3 Å². The summed E-state index contributed by atoms with van der Waals surface area (Å²) in [6.07, 6.45) is 9.53. The molecule has 0 atom stereocenters. The molecule has 3 amide bonds. The van der Waals surface area contributed by atoms with E-state index in [9.17, 15) is 9.59 Å². The maximum Gasteiger partial charge on any atom is 0.317 e. The Morgan fingerprint density at radius 1 is 1.12 bits per heavy atom. The number of nitrogens with one attached hydrogen (secondary N) is 2. The Labute approximate surface area is 193 Å². The summed E-state index contributed by atoms with van der Waals surface area (Å²) in [5.74, 6) is -0.00374. The molecule has 0 bridgehead atoms. The zero-order valence-corrected chi connectivity index (χ0v) is 19.9. The monoisotopic (exact) mass is 461 g/mol. The zero-order chi connectivity index (χ0) is 22.7. The van der Waals surface area contributed by atoms with Crippen LogP contribution in [0.5, 0.6) is 0 Å². The van der Waals surface area contributed by atoms with Gasteiger partial charge >= 0.3 is 6.03 Å². The number of aliphatic hydroxyl groups excluding tert-OH is 1. The minimum absolute atomic E-state index is 0.00374. The number of fused-ring (bicyclic) bond motifs is 1. The number of urea groups is 1. The highest BCUT2D eigenvalue weighted by molar-refractivity contribution is 7.20. The van der Waals surface area contributed by atoms with Crippen LogP contribution < -0.4 is 10.6 Å². The fourth-order valence-corrected chi connectivity index (χ4v) is 6.07. The Morgan fingerprint density at radius 2 is 1.78 bits per heavy atom. The Kier molecular flexibility index (Phi) is 7.35. The first kappa shape index (κ1) is 23.0. The van der Waals surface area contributed by atoms with Crippen LogP contribution >= 0.6 is 11.3 Å². The first-order chi connectivity index (χ1) is 15.5. The van der Waals surface area contributed by atoms with E-state index in [2.05, 4.69) is 15.3 Å². The van der Waals surface area contributed by atoms with E-state index in [0.717, 1.165) is 46.5 Å². The third-order valence-corrected chi connectivity index (χ3v) is 8.01. The number of thiophene rings is 1. The lowest BCUT2D eigenvalue weighted by molar-refractivity contribution is 0.0928. The number of nitrogens with zero attached hydrogens (tertiary/aromatic N) is 3. The molecule has 2 heterocycles. The number of amides is 3. The molecule has 0 radical (unpaired) electrons. The molecule has 4 rings (SSSR count). The quantitative estimate of drug-likeness (QED) is 0.612. The van der Waals surface area contributed by atoms with E-state index in [1.54, 1.807) is 18.4 Å². The molecule has 9 heteroatoms. The van der Waals surface area contributed by atoms with Crippen LogP contribution in [0.4, 0.5) is 4.79 Å². The second-order valence-electron chi connectivity index (χ2n) is 9.27. The van der Waals surface area contributed by atoms with E-state index in [-0.39, 0.29) is 30.6 Å². The summed E-state index contributed by atoms with van der Waals surface area (Å²) < 4.78 is 2.17. The Hall–Kier alpha value is -2.13. The number of hydrogen-bond donors (Lipinski definition) is 3. The lowest BCUT2D eigenvalue weighted by Gasteiger charge is -2.30. The minimum atomic E-state index is -0.154. The number of aliphatic hydroxyl groups is 1. The van der Waals surface area contributed by atoms with E-state index >= 15 is 0 Å². The van der Waals surface area contributed by atoms with E-state index < -0.39 is 0 Å². The lowest BCUT2D eigenvalue weighted by Crippen LogP contribution is -2.47. The van der Waals surface area contributed by atoms with Crippen LogP contribution in [-0.4, -0.2) is 64.0 Å². The molecule has 32 heavy (non-hydrogen) atoms. The molecule has 0 aromatic carbocycles. The highest BCUT2D eigenvalue weighted by atomic mass is 32.1. The van der Waals surface area contributed by atoms with Crippen LogP contribution in [0.15, 0.2) is 6.07 Å². The predicted octanol–water partition coefficient (Wildman–Crippen LogP) is 3.59. The molecule has 2 aliphatic rings. The topological polar surface area (TPSA) is 99.5 Å². The molecule has 2 saturated carbocycles. The normalized spacial score (nSPS) is 22.1. The number of carbonyl (C=O) groups is 2. The van der Waals surface area contributed by atoms with Gasteiger partial charge in [-0.2, -0.15) is 5.10 Å². The third-order valence-electron chi connectivity index (χ3n) is 6.88. The molecule has 0 unspecified atom stereocenters. The Morgan fingerprint density at radius 3 is 2.44 bits per heavy atom. The van der Waals surface area contributed by atoms with Crippen molar-refractivity contribution in [2.45, 2.75) is 82.8 Å². The zero-order valence-electron chi connectivity index (χ0n) is 19.1. The fraction of sp³-hybridized carbons (Fsp3) is 0.696. The number of rotatable bonds is 6. The third kappa shape index (κ3) is 5.09. The van der Waals surface area contributed by atoms with Crippen LogP contribution in [0.1, 0.15) is 79.2 Å². The van der Waals surface area contributed by atoms with Crippen molar-refractivity contribution in [3.8, 4) is 0 Å². The summed E-state index contributed by atoms with van der Waals surface area (Å²) in [7, 11) is 1.68. The van der Waals surface area contributed by atoms with Crippen LogP contribution in [0.25, 0.3) is 10.2 Å². The Balaban J connectivity index is 1.33. The standard InChI is InChI=1S/C23H35N5O3S/c1-15-19-14-20(32-22(19)28(26-15)18-6-4-3-5-7-18)21(30)24-16-8-10-17(11-9-16)25-23(31)27(2)12-13-29/h14,16-18,29H,3-13H2,1-2H3,(H,24,30)(H,25,31). The van der Waals surface area contributed by atoms with Crippen molar-refractivity contribution in [3.63, 3.8) is 0 Å². The largest absolute Gasteiger partial charge is 0.395 e. The van der Waals surface area contributed by atoms with Gasteiger partial charge in [0, 0.05) is 31.1 Å². The first-order valence-electron chi connectivity index (χ1n) is 11.9. The van der Waals surface area contributed by atoms with Gasteiger partial charge < -0.3 is 20.6 Å². The van der Waals surface area contributed by atoms with Crippen molar-refractivity contribution < 1.29 is 14.7 Å². The van der Waals surface area contributed by atoms with Crippen molar-refractivity contribution >= 4 is 33.5 Å². The average molecular weight is 462 g/mol. The van der Waals surface area contributed by atoms with Gasteiger partial charge in [-0.1, -0.05) is 19.3 Å². The predicted molar refractivity (Wildman–Crippen MR) is 126 cm³/mol. The van der Waals surface area contributed by atoms with E-state index in [0.29, 0.717) is 12.6 Å². The molecule has 0 saturated heterocycles. The number of carbonyl (C=O) groups excluding carboxylic acids is 2. The summed E-state index contributed by atoms with van der Waals surface area (Å²) in [5, 5.41) is 21.1. The second-order valence-corrected chi connectivity index (χ2v) is 10.3. The van der Waals surface area contributed by atoms with Crippen molar-refractivity contribution in [2.24, 2.45) is 0 Å². The molecule has 2 aromatic heterocycles. The highest BCUT2D eigenvalue weighted by Crippen LogP contribution is 2.35. The van der Waals surface area contributed by atoms with E-state index in [1.807, 2.05) is 13.0 Å². The molecule has 0 aliphatic heterocycles. The maximum absolute atomic E-state index is 13.0. The Bertz CT molecular complexity index is 941. The van der Waals surface area contributed by atoms with Crippen LogP contribution in [-0.2, 0) is 0 Å². The molecular formula is C23H35N5O3S. The molecular weight excluding hydrogens is 426 g/mol. The van der Waals surface area contributed by atoms with Gasteiger partial charge in [0.05, 0.1) is 23.2 Å². The maximum atomic E-state index is 13.0. The molecule has 2 fully saturated rings. The minimum Gasteiger partial charge on any atom is -0.395 e. The number of hydrogen-bond acceptors (Lipinski definition) is 5. The highest BCUT2D eigenvalue weighted by Gasteiger charge is 2.26. The van der Waals surface area contributed by atoms with Gasteiger partial charge in [-0.3, -0.25) is 9.48 Å². The summed E-state index contributed by atoms with van der Waals surface area (Å²) >= 11 is 1.56. The number of aryl methyl sites for hydroxylation is 1. The van der Waals surface area contributed by atoms with Crippen LogP contribution in [0.2, 0.25) is 0 Å². The van der Waals surface area contributed by atoms with Crippen molar-refractivity contribution in [3.05, 3.63) is 16.6 Å². The van der Waals surface area contributed by atoms with Crippen LogP contribution in [0, 0.1) is 6.92 Å². The summed E-state index contributed by atoms with van der Waals surface area (Å²) in [4.78, 5) is 28.4. The smallest absolute Gasteiger partial charge is 0.317 e. The van der Waals surface area contributed by atoms with Gasteiger partial charge in [0.25, 0.3) is 5.91 Å². The SMILES string of the molecule is Cc1nn(C2CCCCC2)c2sc(C(=O)NC3CCC(NC(=O)N(C)CCO)CC3)cc12. The van der Waals surface area contributed by atoms with Gasteiger partial charge in [0.2, 0.25) is 0 Å².